The molecular formula is C23H18N2O2S. The summed E-state index contributed by atoms with van der Waals surface area (Å²) in [7, 11) is 1.79. The molecule has 5 aromatic rings. The van der Waals surface area contributed by atoms with Crippen molar-refractivity contribution in [1.82, 2.24) is 9.88 Å². The molecule has 0 aliphatic heterocycles. The van der Waals surface area contributed by atoms with Crippen LogP contribution in [0.4, 0.5) is 0 Å². The standard InChI is InChI=1S/C23H18N2O2S/c1-14-16-12-11-15-7-3-4-8-17(15)22(16)27-21(14)23(26)25(2)13-20-24-18-9-5-6-10-19(18)28-20/h3-12H,13H2,1-2H3. The summed E-state index contributed by atoms with van der Waals surface area (Å²) >= 11 is 1.61. The van der Waals surface area contributed by atoms with Crippen LogP contribution in [0.3, 0.4) is 0 Å². The molecule has 0 radical (unpaired) electrons. The van der Waals surface area contributed by atoms with Crippen molar-refractivity contribution in [2.45, 2.75) is 13.5 Å². The molecule has 0 saturated heterocycles. The fourth-order valence-corrected chi connectivity index (χ4v) is 4.61. The minimum atomic E-state index is -0.128. The van der Waals surface area contributed by atoms with Crippen molar-refractivity contribution in [3.8, 4) is 0 Å². The van der Waals surface area contributed by atoms with Crippen molar-refractivity contribution < 1.29 is 9.21 Å². The number of aryl methyl sites for hydroxylation is 1. The van der Waals surface area contributed by atoms with Gasteiger partial charge in [-0.25, -0.2) is 4.98 Å². The van der Waals surface area contributed by atoms with E-state index < -0.39 is 0 Å². The molecule has 138 valence electrons. The average molecular weight is 386 g/mol. The first-order valence-corrected chi connectivity index (χ1v) is 9.94. The largest absolute Gasteiger partial charge is 0.450 e. The van der Waals surface area contributed by atoms with E-state index in [1.54, 1.807) is 23.3 Å². The summed E-state index contributed by atoms with van der Waals surface area (Å²) < 4.78 is 7.21. The highest BCUT2D eigenvalue weighted by Gasteiger charge is 2.22. The van der Waals surface area contributed by atoms with Crippen LogP contribution < -0.4 is 0 Å². The second-order valence-electron chi connectivity index (χ2n) is 6.96. The summed E-state index contributed by atoms with van der Waals surface area (Å²) in [6.45, 7) is 2.40. The van der Waals surface area contributed by atoms with Crippen LogP contribution in [-0.2, 0) is 6.54 Å². The minimum absolute atomic E-state index is 0.128. The van der Waals surface area contributed by atoms with E-state index in [1.807, 2.05) is 61.5 Å². The summed E-state index contributed by atoms with van der Waals surface area (Å²) in [6, 6.07) is 20.2. The Labute approximate surface area is 166 Å². The van der Waals surface area contributed by atoms with Crippen LogP contribution in [-0.4, -0.2) is 22.8 Å². The molecular weight excluding hydrogens is 368 g/mol. The monoisotopic (exact) mass is 386 g/mol. The number of benzene rings is 3. The van der Waals surface area contributed by atoms with E-state index in [9.17, 15) is 4.79 Å². The van der Waals surface area contributed by atoms with Gasteiger partial charge in [0.15, 0.2) is 5.76 Å². The first kappa shape index (κ1) is 17.0. The molecule has 0 saturated carbocycles. The zero-order valence-corrected chi connectivity index (χ0v) is 16.4. The van der Waals surface area contributed by atoms with E-state index in [4.69, 9.17) is 4.42 Å². The molecule has 0 N–H and O–H groups in total. The van der Waals surface area contributed by atoms with Crippen LogP contribution in [0.15, 0.2) is 65.1 Å². The topological polar surface area (TPSA) is 46.3 Å². The number of thiazole rings is 1. The molecule has 5 heteroatoms. The van der Waals surface area contributed by atoms with E-state index in [0.717, 1.165) is 42.5 Å². The van der Waals surface area contributed by atoms with E-state index in [2.05, 4.69) is 11.1 Å². The van der Waals surface area contributed by atoms with Crippen molar-refractivity contribution in [3.05, 3.63) is 77.0 Å². The molecule has 28 heavy (non-hydrogen) atoms. The van der Waals surface area contributed by atoms with Crippen molar-refractivity contribution in [1.29, 1.82) is 0 Å². The quantitative estimate of drug-likeness (QED) is 0.395. The highest BCUT2D eigenvalue weighted by Crippen LogP contribution is 2.32. The fourth-order valence-electron chi connectivity index (χ4n) is 3.59. The SMILES string of the molecule is Cc1c(C(=O)N(C)Cc2nc3ccccc3s2)oc2c1ccc1ccccc12. The Balaban J connectivity index is 1.50. The highest BCUT2D eigenvalue weighted by atomic mass is 32.1. The maximum absolute atomic E-state index is 13.1. The summed E-state index contributed by atoms with van der Waals surface area (Å²) in [5.74, 6) is 0.270. The van der Waals surface area contributed by atoms with Crippen molar-refractivity contribution in [2.24, 2.45) is 0 Å². The lowest BCUT2D eigenvalue weighted by Gasteiger charge is -2.14. The Morgan fingerprint density at radius 2 is 1.82 bits per heavy atom. The molecule has 0 fully saturated rings. The van der Waals surface area contributed by atoms with Gasteiger partial charge in [-0.2, -0.15) is 0 Å². The van der Waals surface area contributed by atoms with E-state index in [1.165, 1.54) is 0 Å². The number of para-hydroxylation sites is 1. The molecule has 0 unspecified atom stereocenters. The number of nitrogens with zero attached hydrogens (tertiary/aromatic N) is 2. The van der Waals surface area contributed by atoms with E-state index in [-0.39, 0.29) is 5.91 Å². The predicted molar refractivity (Wildman–Crippen MR) is 114 cm³/mol. The number of rotatable bonds is 3. The van der Waals surface area contributed by atoms with Crippen LogP contribution in [0, 0.1) is 6.92 Å². The predicted octanol–water partition coefficient (Wildman–Crippen LogP) is 5.78. The summed E-state index contributed by atoms with van der Waals surface area (Å²) in [5, 5.41) is 4.02. The Bertz CT molecular complexity index is 1320. The minimum Gasteiger partial charge on any atom is -0.450 e. The molecule has 3 aromatic carbocycles. The van der Waals surface area contributed by atoms with Gasteiger partial charge in [0.05, 0.1) is 16.8 Å². The van der Waals surface area contributed by atoms with Crippen molar-refractivity contribution in [3.63, 3.8) is 0 Å². The number of aromatic nitrogens is 1. The normalized spacial score (nSPS) is 11.5. The Hall–Kier alpha value is -3.18. The molecule has 0 aliphatic rings. The van der Waals surface area contributed by atoms with E-state index >= 15 is 0 Å². The van der Waals surface area contributed by atoms with Gasteiger partial charge in [-0.15, -0.1) is 11.3 Å². The van der Waals surface area contributed by atoms with Gasteiger partial charge in [-0.1, -0.05) is 48.5 Å². The Morgan fingerprint density at radius 3 is 2.68 bits per heavy atom. The molecule has 4 nitrogen and oxygen atoms in total. The fraction of sp³-hybridized carbons (Fsp3) is 0.130. The van der Waals surface area contributed by atoms with Crippen LogP contribution in [0.2, 0.25) is 0 Å². The number of hydrogen-bond donors (Lipinski definition) is 0. The lowest BCUT2D eigenvalue weighted by Crippen LogP contribution is -2.26. The summed E-state index contributed by atoms with van der Waals surface area (Å²) in [5.41, 5.74) is 2.61. The highest BCUT2D eigenvalue weighted by molar-refractivity contribution is 7.18. The molecule has 1 amide bonds. The third kappa shape index (κ3) is 2.67. The number of furan rings is 1. The number of amides is 1. The van der Waals surface area contributed by atoms with Gasteiger partial charge >= 0.3 is 0 Å². The average Bonchev–Trinajstić information content (AvgIpc) is 3.28. The number of hydrogen-bond acceptors (Lipinski definition) is 4. The second-order valence-corrected chi connectivity index (χ2v) is 8.07. The molecule has 2 heterocycles. The first-order valence-electron chi connectivity index (χ1n) is 9.12. The third-order valence-electron chi connectivity index (χ3n) is 5.08. The van der Waals surface area contributed by atoms with E-state index in [0.29, 0.717) is 12.3 Å². The van der Waals surface area contributed by atoms with Gasteiger partial charge in [0.1, 0.15) is 10.6 Å². The number of carbonyl (C=O) groups is 1. The van der Waals surface area contributed by atoms with Crippen LogP contribution in [0.1, 0.15) is 21.1 Å². The van der Waals surface area contributed by atoms with Crippen molar-refractivity contribution >= 4 is 49.2 Å². The lowest BCUT2D eigenvalue weighted by atomic mass is 10.1. The molecule has 0 atom stereocenters. The third-order valence-corrected chi connectivity index (χ3v) is 6.10. The zero-order valence-electron chi connectivity index (χ0n) is 15.6. The lowest BCUT2D eigenvalue weighted by molar-refractivity contribution is 0.0755. The molecule has 0 spiro atoms. The second kappa shape index (κ2) is 6.46. The van der Waals surface area contributed by atoms with Gasteiger partial charge in [-0.05, 0) is 24.4 Å². The first-order chi connectivity index (χ1) is 13.6. The Morgan fingerprint density at radius 1 is 1.04 bits per heavy atom. The molecule has 5 rings (SSSR count). The summed E-state index contributed by atoms with van der Waals surface area (Å²) in [4.78, 5) is 19.4. The zero-order chi connectivity index (χ0) is 19.3. The van der Waals surface area contributed by atoms with Gasteiger partial charge in [0.2, 0.25) is 0 Å². The van der Waals surface area contributed by atoms with Crippen LogP contribution in [0.25, 0.3) is 32.0 Å². The Kier molecular flexibility index (Phi) is 3.91. The van der Waals surface area contributed by atoms with Gasteiger partial charge in [-0.3, -0.25) is 4.79 Å². The maximum Gasteiger partial charge on any atom is 0.290 e. The number of fused-ring (bicyclic) bond motifs is 4. The van der Waals surface area contributed by atoms with Crippen molar-refractivity contribution in [2.75, 3.05) is 7.05 Å². The van der Waals surface area contributed by atoms with Gasteiger partial charge in [0, 0.05) is 23.4 Å². The molecule has 2 aromatic heterocycles. The maximum atomic E-state index is 13.1. The molecule has 0 aliphatic carbocycles. The smallest absolute Gasteiger partial charge is 0.290 e. The van der Waals surface area contributed by atoms with Gasteiger partial charge < -0.3 is 9.32 Å². The van der Waals surface area contributed by atoms with Crippen LogP contribution in [0.5, 0.6) is 0 Å². The molecule has 0 bridgehead atoms. The number of carbonyl (C=O) groups excluding carboxylic acids is 1. The summed E-state index contributed by atoms with van der Waals surface area (Å²) in [6.07, 6.45) is 0. The van der Waals surface area contributed by atoms with Crippen LogP contribution >= 0.6 is 11.3 Å². The van der Waals surface area contributed by atoms with Gasteiger partial charge in [0.25, 0.3) is 5.91 Å².